The summed E-state index contributed by atoms with van der Waals surface area (Å²) in [7, 11) is 0. The summed E-state index contributed by atoms with van der Waals surface area (Å²) in [4.78, 5) is 27.7. The number of halogens is 3. The molecule has 5 nitrogen and oxygen atoms in total. The predicted molar refractivity (Wildman–Crippen MR) is 136 cm³/mol. The Morgan fingerprint density at radius 3 is 2.55 bits per heavy atom. The second-order valence-corrected chi connectivity index (χ2v) is 10.0. The average molecular weight is 556 g/mol. The number of amides is 2. The Kier molecular flexibility index (Phi) is 9.47. The van der Waals surface area contributed by atoms with E-state index in [9.17, 15) is 9.59 Å². The van der Waals surface area contributed by atoms with Gasteiger partial charge in [-0.15, -0.1) is 0 Å². The van der Waals surface area contributed by atoms with Gasteiger partial charge in [0.05, 0.1) is 4.47 Å². The highest BCUT2D eigenvalue weighted by atomic mass is 79.9. The number of carbonyl (C=O) groups is 2. The molecule has 0 heterocycles. The van der Waals surface area contributed by atoms with E-state index in [4.69, 9.17) is 27.9 Å². The fraction of sp³-hybridized carbons (Fsp3) is 0.440. The summed E-state index contributed by atoms with van der Waals surface area (Å²) in [6, 6.07) is 10.4. The lowest BCUT2D eigenvalue weighted by Crippen LogP contribution is -2.50. The number of aryl methyl sites for hydroxylation is 1. The van der Waals surface area contributed by atoms with Gasteiger partial charge in [-0.2, -0.15) is 0 Å². The van der Waals surface area contributed by atoms with E-state index in [1.807, 2.05) is 18.2 Å². The zero-order chi connectivity index (χ0) is 24.0. The predicted octanol–water partition coefficient (Wildman–Crippen LogP) is 6.17. The van der Waals surface area contributed by atoms with Crippen molar-refractivity contribution in [1.29, 1.82) is 0 Å². The Morgan fingerprint density at radius 1 is 1.18 bits per heavy atom. The van der Waals surface area contributed by atoms with E-state index in [1.165, 1.54) is 4.90 Å². The molecule has 3 rings (SSSR count). The van der Waals surface area contributed by atoms with Gasteiger partial charge in [-0.1, -0.05) is 55.1 Å². The van der Waals surface area contributed by atoms with Gasteiger partial charge in [0.25, 0.3) is 5.91 Å². The van der Waals surface area contributed by atoms with Crippen LogP contribution in [-0.4, -0.2) is 35.4 Å². The molecule has 2 amide bonds. The molecule has 8 heteroatoms. The van der Waals surface area contributed by atoms with E-state index in [0.717, 1.165) is 42.1 Å². The molecule has 1 N–H and O–H groups in total. The first kappa shape index (κ1) is 25.9. The van der Waals surface area contributed by atoms with E-state index in [2.05, 4.69) is 28.2 Å². The summed E-state index contributed by atoms with van der Waals surface area (Å²) in [5, 5.41) is 4.04. The summed E-state index contributed by atoms with van der Waals surface area (Å²) < 4.78 is 6.59. The number of nitrogens with one attached hydrogen (secondary N) is 1. The van der Waals surface area contributed by atoms with Crippen LogP contribution in [0.25, 0.3) is 0 Å². The van der Waals surface area contributed by atoms with Gasteiger partial charge in [-0.3, -0.25) is 9.59 Å². The third kappa shape index (κ3) is 7.11. The molecule has 0 spiro atoms. The van der Waals surface area contributed by atoms with Gasteiger partial charge < -0.3 is 15.0 Å². The van der Waals surface area contributed by atoms with Crippen LogP contribution in [0.2, 0.25) is 10.0 Å². The molecule has 178 valence electrons. The normalized spacial score (nSPS) is 14.7. The van der Waals surface area contributed by atoms with E-state index < -0.39 is 6.04 Å². The van der Waals surface area contributed by atoms with Crippen molar-refractivity contribution in [2.45, 2.75) is 64.6 Å². The van der Waals surface area contributed by atoms with Crippen molar-refractivity contribution in [3.8, 4) is 5.75 Å². The minimum atomic E-state index is -0.681. The van der Waals surface area contributed by atoms with Crippen LogP contribution in [0.1, 0.15) is 50.7 Å². The molecule has 0 radical (unpaired) electrons. The molecule has 0 unspecified atom stereocenters. The molecule has 1 aliphatic rings. The highest BCUT2D eigenvalue weighted by Gasteiger charge is 2.29. The molecule has 0 bridgehead atoms. The standard InChI is InChI=1S/C25H29BrCl2N2O3/c1-3-17-8-11-23(21(26)12-17)33-15-24(31)30(14-18-9-10-19(27)13-22(18)28)16(2)25(32)29-20-6-4-5-7-20/h8-13,16,20H,3-7,14-15H2,1-2H3,(H,29,32)/t16-/m1/s1. The molecular formula is C25H29BrCl2N2O3. The number of nitrogens with zero attached hydrogens (tertiary/aromatic N) is 1. The molecular weight excluding hydrogens is 527 g/mol. The maximum Gasteiger partial charge on any atom is 0.261 e. The van der Waals surface area contributed by atoms with Crippen LogP contribution >= 0.6 is 39.1 Å². The Hall–Kier alpha value is -1.76. The first-order valence-corrected chi connectivity index (χ1v) is 12.8. The summed E-state index contributed by atoms with van der Waals surface area (Å²) in [5.74, 6) is 0.100. The van der Waals surface area contributed by atoms with Crippen molar-refractivity contribution in [2.75, 3.05) is 6.61 Å². The smallest absolute Gasteiger partial charge is 0.261 e. The highest BCUT2D eigenvalue weighted by Crippen LogP contribution is 2.27. The summed E-state index contributed by atoms with van der Waals surface area (Å²) in [6.45, 7) is 3.78. The molecule has 0 aliphatic heterocycles. The molecule has 1 aliphatic carbocycles. The molecule has 1 saturated carbocycles. The summed E-state index contributed by atoms with van der Waals surface area (Å²) in [6.07, 6.45) is 5.07. The fourth-order valence-electron chi connectivity index (χ4n) is 3.91. The van der Waals surface area contributed by atoms with E-state index in [0.29, 0.717) is 21.4 Å². The first-order chi connectivity index (χ1) is 15.8. The van der Waals surface area contributed by atoms with E-state index >= 15 is 0 Å². The van der Waals surface area contributed by atoms with Crippen LogP contribution in [0, 0.1) is 0 Å². The van der Waals surface area contributed by atoms with Crippen molar-refractivity contribution in [3.05, 3.63) is 62.0 Å². The van der Waals surface area contributed by atoms with Gasteiger partial charge >= 0.3 is 0 Å². The van der Waals surface area contributed by atoms with Gasteiger partial charge in [0.1, 0.15) is 11.8 Å². The Balaban J connectivity index is 1.75. The molecule has 1 atom stereocenters. The SMILES string of the molecule is CCc1ccc(OCC(=O)N(Cc2ccc(Cl)cc2Cl)[C@H](C)C(=O)NC2CCCC2)c(Br)c1. The molecule has 2 aromatic carbocycles. The number of hydrogen-bond acceptors (Lipinski definition) is 3. The van der Waals surface area contributed by atoms with Crippen LogP contribution in [0.5, 0.6) is 5.75 Å². The van der Waals surface area contributed by atoms with Crippen LogP contribution < -0.4 is 10.1 Å². The van der Waals surface area contributed by atoms with Gasteiger partial charge in [0.2, 0.25) is 5.91 Å². The lowest BCUT2D eigenvalue weighted by atomic mass is 10.1. The number of carbonyl (C=O) groups excluding carboxylic acids is 2. The minimum absolute atomic E-state index is 0.167. The number of hydrogen-bond donors (Lipinski definition) is 1. The van der Waals surface area contributed by atoms with E-state index in [-0.39, 0.29) is 31.0 Å². The third-order valence-electron chi connectivity index (χ3n) is 5.98. The van der Waals surface area contributed by atoms with Crippen LogP contribution in [0.3, 0.4) is 0 Å². The maximum atomic E-state index is 13.3. The summed E-state index contributed by atoms with van der Waals surface area (Å²) in [5.41, 5.74) is 1.88. The average Bonchev–Trinajstić information content (AvgIpc) is 3.30. The topological polar surface area (TPSA) is 58.6 Å². The zero-order valence-electron chi connectivity index (χ0n) is 18.9. The van der Waals surface area contributed by atoms with Crippen LogP contribution in [0.4, 0.5) is 0 Å². The van der Waals surface area contributed by atoms with Crippen LogP contribution in [0.15, 0.2) is 40.9 Å². The fourth-order valence-corrected chi connectivity index (χ4v) is 4.92. The molecule has 1 fully saturated rings. The molecule has 33 heavy (non-hydrogen) atoms. The van der Waals surface area contributed by atoms with Gasteiger partial charge in [-0.05, 0) is 77.5 Å². The molecule has 0 saturated heterocycles. The van der Waals surface area contributed by atoms with Gasteiger partial charge in [0.15, 0.2) is 6.61 Å². The quantitative estimate of drug-likeness (QED) is 0.402. The second-order valence-electron chi connectivity index (χ2n) is 8.33. The largest absolute Gasteiger partial charge is 0.483 e. The second kappa shape index (κ2) is 12.1. The minimum Gasteiger partial charge on any atom is -0.483 e. The summed E-state index contributed by atoms with van der Waals surface area (Å²) >= 11 is 15.9. The molecule has 2 aromatic rings. The van der Waals surface area contributed by atoms with Gasteiger partial charge in [-0.25, -0.2) is 0 Å². The lowest BCUT2D eigenvalue weighted by Gasteiger charge is -2.30. The Bertz CT molecular complexity index is 996. The van der Waals surface area contributed by atoms with E-state index in [1.54, 1.807) is 25.1 Å². The Morgan fingerprint density at radius 2 is 1.91 bits per heavy atom. The number of benzene rings is 2. The highest BCUT2D eigenvalue weighted by molar-refractivity contribution is 9.10. The monoisotopic (exact) mass is 554 g/mol. The maximum absolute atomic E-state index is 13.3. The van der Waals surface area contributed by atoms with Crippen molar-refractivity contribution in [1.82, 2.24) is 10.2 Å². The van der Waals surface area contributed by atoms with Crippen molar-refractivity contribution >= 4 is 50.9 Å². The van der Waals surface area contributed by atoms with Gasteiger partial charge in [0, 0.05) is 22.6 Å². The third-order valence-corrected chi connectivity index (χ3v) is 7.19. The number of rotatable bonds is 9. The zero-order valence-corrected chi connectivity index (χ0v) is 22.0. The lowest BCUT2D eigenvalue weighted by molar-refractivity contribution is -0.142. The van der Waals surface area contributed by atoms with Crippen molar-refractivity contribution in [2.24, 2.45) is 0 Å². The molecule has 0 aromatic heterocycles. The van der Waals surface area contributed by atoms with Crippen LogP contribution in [-0.2, 0) is 22.6 Å². The van der Waals surface area contributed by atoms with Crippen molar-refractivity contribution in [3.63, 3.8) is 0 Å². The Labute approximate surface area is 213 Å². The number of ether oxygens (including phenoxy) is 1. The first-order valence-electron chi connectivity index (χ1n) is 11.2. The van der Waals surface area contributed by atoms with Crippen molar-refractivity contribution < 1.29 is 14.3 Å².